The van der Waals surface area contributed by atoms with Crippen LogP contribution < -0.4 is 5.32 Å². The van der Waals surface area contributed by atoms with Crippen molar-refractivity contribution in [3.8, 4) is 0 Å². The van der Waals surface area contributed by atoms with Gasteiger partial charge in [0.05, 0.1) is 12.1 Å². The highest BCUT2D eigenvalue weighted by atomic mass is 16.6. The third-order valence-corrected chi connectivity index (χ3v) is 7.71. The number of amides is 3. The topological polar surface area (TPSA) is 110 Å². The number of carbonyl (C=O) groups is 3. The number of benzene rings is 1. The largest absolute Gasteiger partial charge is 0.445 e. The van der Waals surface area contributed by atoms with Crippen molar-refractivity contribution in [1.29, 1.82) is 0 Å². The molecule has 1 aliphatic rings. The molecule has 0 aliphatic carbocycles. The SMILES string of the molecule is CC(C)CC1C(CNC(=O)[C@H](CC(C)C)N(CCc2ccccn2)C(=O)OCc2ccccc2)OC(C)(C)N1C(=O)OC(C)(C)C. The van der Waals surface area contributed by atoms with E-state index in [0.29, 0.717) is 19.3 Å². The maximum atomic E-state index is 14.0. The van der Waals surface area contributed by atoms with E-state index >= 15 is 0 Å². The summed E-state index contributed by atoms with van der Waals surface area (Å²) in [6.45, 7) is 17.9. The predicted octanol–water partition coefficient (Wildman–Crippen LogP) is 6.58. The summed E-state index contributed by atoms with van der Waals surface area (Å²) >= 11 is 0. The van der Waals surface area contributed by atoms with E-state index in [4.69, 9.17) is 14.2 Å². The van der Waals surface area contributed by atoms with E-state index in [9.17, 15) is 14.4 Å². The van der Waals surface area contributed by atoms with Crippen molar-refractivity contribution in [1.82, 2.24) is 20.1 Å². The second kappa shape index (κ2) is 16.3. The second-order valence-electron chi connectivity index (χ2n) is 14.3. The van der Waals surface area contributed by atoms with Crippen molar-refractivity contribution in [2.75, 3.05) is 13.1 Å². The maximum absolute atomic E-state index is 14.0. The zero-order chi connectivity index (χ0) is 34.1. The summed E-state index contributed by atoms with van der Waals surface area (Å²) in [5, 5.41) is 3.08. The maximum Gasteiger partial charge on any atom is 0.412 e. The average Bonchev–Trinajstić information content (AvgIpc) is 3.22. The lowest BCUT2D eigenvalue weighted by Gasteiger charge is -2.35. The van der Waals surface area contributed by atoms with Gasteiger partial charge in [-0.15, -0.1) is 0 Å². The number of nitrogens with one attached hydrogen (secondary N) is 1. The smallest absolute Gasteiger partial charge is 0.412 e. The van der Waals surface area contributed by atoms with Gasteiger partial charge in [-0.25, -0.2) is 9.59 Å². The van der Waals surface area contributed by atoms with Crippen LogP contribution in [-0.2, 0) is 32.0 Å². The Kier molecular flexibility index (Phi) is 13.0. The van der Waals surface area contributed by atoms with Crippen LogP contribution in [0, 0.1) is 11.8 Å². The molecule has 3 atom stereocenters. The molecule has 1 aromatic carbocycles. The Morgan fingerprint density at radius 1 is 1.02 bits per heavy atom. The first-order valence-corrected chi connectivity index (χ1v) is 16.4. The Morgan fingerprint density at radius 3 is 2.28 bits per heavy atom. The molecular weight excluding hydrogens is 584 g/mol. The number of pyridine rings is 1. The molecule has 1 fully saturated rings. The molecule has 10 nitrogen and oxygen atoms in total. The third kappa shape index (κ3) is 11.0. The van der Waals surface area contributed by atoms with Gasteiger partial charge in [0.15, 0.2) is 0 Å². The van der Waals surface area contributed by atoms with Crippen molar-refractivity contribution < 1.29 is 28.6 Å². The number of carbonyl (C=O) groups excluding carboxylic acids is 3. The lowest BCUT2D eigenvalue weighted by molar-refractivity contribution is -0.128. The zero-order valence-electron chi connectivity index (χ0n) is 29.1. The highest BCUT2D eigenvalue weighted by Crippen LogP contribution is 2.36. The Morgan fingerprint density at radius 2 is 1.70 bits per heavy atom. The molecule has 2 heterocycles. The Labute approximate surface area is 275 Å². The lowest BCUT2D eigenvalue weighted by atomic mass is 9.97. The van der Waals surface area contributed by atoms with E-state index in [-0.39, 0.29) is 43.5 Å². The van der Waals surface area contributed by atoms with Crippen LogP contribution in [0.4, 0.5) is 9.59 Å². The van der Waals surface area contributed by atoms with Gasteiger partial charge in [-0.3, -0.25) is 19.6 Å². The van der Waals surface area contributed by atoms with Crippen LogP contribution in [0.5, 0.6) is 0 Å². The molecule has 46 heavy (non-hydrogen) atoms. The Balaban J connectivity index is 1.82. The van der Waals surface area contributed by atoms with E-state index in [1.807, 2.05) is 97.0 Å². The Hall–Kier alpha value is -3.66. The number of hydrogen-bond donors (Lipinski definition) is 1. The first-order valence-electron chi connectivity index (χ1n) is 16.4. The van der Waals surface area contributed by atoms with Crippen LogP contribution in [0.25, 0.3) is 0 Å². The van der Waals surface area contributed by atoms with Crippen LogP contribution in [0.1, 0.15) is 86.4 Å². The minimum absolute atomic E-state index is 0.0954. The van der Waals surface area contributed by atoms with E-state index in [0.717, 1.165) is 11.3 Å². The molecule has 0 spiro atoms. The summed E-state index contributed by atoms with van der Waals surface area (Å²) in [4.78, 5) is 48.6. The number of ether oxygens (including phenoxy) is 3. The lowest BCUT2D eigenvalue weighted by Crippen LogP contribution is -2.53. The summed E-state index contributed by atoms with van der Waals surface area (Å²) in [6.07, 6.45) is 1.79. The summed E-state index contributed by atoms with van der Waals surface area (Å²) < 4.78 is 17.9. The molecule has 3 rings (SSSR count). The summed E-state index contributed by atoms with van der Waals surface area (Å²) in [7, 11) is 0. The summed E-state index contributed by atoms with van der Waals surface area (Å²) in [5.74, 6) is 0.0839. The normalized spacial score (nSPS) is 18.4. The molecule has 1 aromatic heterocycles. The number of hydrogen-bond acceptors (Lipinski definition) is 7. The highest BCUT2D eigenvalue weighted by Gasteiger charge is 2.51. The van der Waals surface area contributed by atoms with Crippen LogP contribution in [-0.4, -0.2) is 75.5 Å². The Bertz CT molecular complexity index is 1260. The highest BCUT2D eigenvalue weighted by molar-refractivity contribution is 5.85. The zero-order valence-corrected chi connectivity index (χ0v) is 29.1. The summed E-state index contributed by atoms with van der Waals surface area (Å²) in [6, 6.07) is 14.0. The molecule has 3 amide bonds. The van der Waals surface area contributed by atoms with Gasteiger partial charge < -0.3 is 19.5 Å². The van der Waals surface area contributed by atoms with Gasteiger partial charge in [0.25, 0.3) is 0 Å². The molecule has 2 aromatic rings. The molecule has 0 saturated carbocycles. The second-order valence-corrected chi connectivity index (χ2v) is 14.3. The van der Waals surface area contributed by atoms with Crippen molar-refractivity contribution in [3.05, 3.63) is 66.0 Å². The van der Waals surface area contributed by atoms with Gasteiger partial charge in [0.2, 0.25) is 5.91 Å². The van der Waals surface area contributed by atoms with Gasteiger partial charge in [-0.2, -0.15) is 0 Å². The fraction of sp³-hybridized carbons (Fsp3) is 0.611. The first kappa shape index (κ1) is 36.8. The van der Waals surface area contributed by atoms with Gasteiger partial charge in [-0.1, -0.05) is 64.1 Å². The van der Waals surface area contributed by atoms with Gasteiger partial charge in [-0.05, 0) is 77.0 Å². The number of rotatable bonds is 13. The molecule has 2 unspecified atom stereocenters. The molecule has 1 saturated heterocycles. The predicted molar refractivity (Wildman–Crippen MR) is 178 cm³/mol. The van der Waals surface area contributed by atoms with Crippen LogP contribution in [0.2, 0.25) is 0 Å². The van der Waals surface area contributed by atoms with Gasteiger partial charge >= 0.3 is 12.2 Å². The van der Waals surface area contributed by atoms with Crippen molar-refractivity contribution >= 4 is 18.1 Å². The van der Waals surface area contributed by atoms with Crippen LogP contribution in [0.3, 0.4) is 0 Å². The molecule has 1 aliphatic heterocycles. The monoisotopic (exact) mass is 638 g/mol. The quantitative estimate of drug-likeness (QED) is 0.264. The van der Waals surface area contributed by atoms with Crippen LogP contribution >= 0.6 is 0 Å². The molecule has 0 radical (unpaired) electrons. The fourth-order valence-corrected chi connectivity index (χ4v) is 5.75. The van der Waals surface area contributed by atoms with E-state index in [2.05, 4.69) is 24.1 Å². The molecule has 0 bridgehead atoms. The van der Waals surface area contributed by atoms with Gasteiger partial charge in [0.1, 0.15) is 24.0 Å². The van der Waals surface area contributed by atoms with Gasteiger partial charge in [0, 0.05) is 31.4 Å². The van der Waals surface area contributed by atoms with Crippen LogP contribution in [0.15, 0.2) is 54.7 Å². The minimum atomic E-state index is -0.940. The molecule has 1 N–H and O–H groups in total. The number of nitrogens with zero attached hydrogens (tertiary/aromatic N) is 3. The van der Waals surface area contributed by atoms with Crippen molar-refractivity contribution in [2.45, 2.75) is 118 Å². The molecule has 10 heteroatoms. The minimum Gasteiger partial charge on any atom is -0.445 e. The van der Waals surface area contributed by atoms with Crippen molar-refractivity contribution in [2.24, 2.45) is 11.8 Å². The first-order chi connectivity index (χ1) is 21.6. The molecular formula is C36H54N4O6. The van der Waals surface area contributed by atoms with Crippen molar-refractivity contribution in [3.63, 3.8) is 0 Å². The third-order valence-electron chi connectivity index (χ3n) is 7.71. The fourth-order valence-electron chi connectivity index (χ4n) is 5.75. The summed E-state index contributed by atoms with van der Waals surface area (Å²) in [5.41, 5.74) is 0.0641. The average molecular weight is 639 g/mol. The molecule has 254 valence electrons. The standard InChI is InChI=1S/C36H54N4O6/c1-25(2)21-29-31(45-36(8,9)40(29)34(43)46-35(5,6)7)23-38-32(41)30(22-26(3)4)39(20-18-28-17-13-14-19-37-28)33(42)44-24-27-15-11-10-12-16-27/h10-17,19,25-26,29-31H,18,20-24H2,1-9H3,(H,38,41)/t29?,30-,31?/m0/s1. The van der Waals surface area contributed by atoms with E-state index in [1.165, 1.54) is 4.90 Å². The number of aromatic nitrogens is 1. The van der Waals surface area contributed by atoms with E-state index in [1.54, 1.807) is 11.1 Å². The van der Waals surface area contributed by atoms with E-state index < -0.39 is 35.7 Å².